The minimum atomic E-state index is -0.735. The van der Waals surface area contributed by atoms with Gasteiger partial charge in [-0.3, -0.25) is 4.79 Å². The smallest absolute Gasteiger partial charge is 0.325 e. The predicted octanol–water partition coefficient (Wildman–Crippen LogP) is 1.56. The zero-order valence-electron chi connectivity index (χ0n) is 11.3. The minimum Gasteiger partial charge on any atom is -0.480 e. The van der Waals surface area contributed by atoms with Gasteiger partial charge in [-0.2, -0.15) is 0 Å². The molecular formula is C13H26N2O2. The van der Waals surface area contributed by atoms with E-state index in [1.54, 1.807) is 7.05 Å². The van der Waals surface area contributed by atoms with Crippen LogP contribution in [0.5, 0.6) is 0 Å². The Morgan fingerprint density at radius 1 is 1.47 bits per heavy atom. The number of carboxylic acids is 1. The van der Waals surface area contributed by atoms with Crippen molar-refractivity contribution in [3.63, 3.8) is 0 Å². The summed E-state index contributed by atoms with van der Waals surface area (Å²) in [4.78, 5) is 13.7. The van der Waals surface area contributed by atoms with E-state index in [9.17, 15) is 9.90 Å². The van der Waals surface area contributed by atoms with E-state index in [0.29, 0.717) is 12.5 Å². The molecule has 100 valence electrons. The molecule has 0 heterocycles. The fourth-order valence-corrected chi connectivity index (χ4v) is 2.47. The first-order chi connectivity index (χ1) is 8.06. The largest absolute Gasteiger partial charge is 0.480 e. The van der Waals surface area contributed by atoms with Gasteiger partial charge in [0.05, 0.1) is 0 Å². The van der Waals surface area contributed by atoms with Crippen molar-refractivity contribution in [2.24, 2.45) is 5.92 Å². The fourth-order valence-electron chi connectivity index (χ4n) is 2.47. The molecule has 1 rings (SSSR count). The molecule has 1 aliphatic rings. The van der Waals surface area contributed by atoms with Crippen LogP contribution in [0.4, 0.5) is 0 Å². The van der Waals surface area contributed by atoms with Crippen LogP contribution in [-0.4, -0.2) is 48.7 Å². The Morgan fingerprint density at radius 2 is 2.12 bits per heavy atom. The third-order valence-electron chi connectivity index (χ3n) is 3.76. The molecule has 1 fully saturated rings. The van der Waals surface area contributed by atoms with Crippen LogP contribution in [0.3, 0.4) is 0 Å². The Balaban J connectivity index is 2.51. The van der Waals surface area contributed by atoms with E-state index in [0.717, 1.165) is 25.8 Å². The van der Waals surface area contributed by atoms with Gasteiger partial charge in [0.15, 0.2) is 0 Å². The summed E-state index contributed by atoms with van der Waals surface area (Å²) in [6.07, 6.45) is 5.64. The molecule has 0 saturated heterocycles. The van der Waals surface area contributed by atoms with Crippen molar-refractivity contribution >= 4 is 5.97 Å². The molecule has 0 bridgehead atoms. The Bertz CT molecular complexity index is 254. The van der Waals surface area contributed by atoms with Gasteiger partial charge in [0, 0.05) is 6.54 Å². The molecule has 0 aromatic heterocycles. The number of hydrogen-bond donors (Lipinski definition) is 2. The Labute approximate surface area is 104 Å². The van der Waals surface area contributed by atoms with E-state index in [2.05, 4.69) is 17.1 Å². The molecule has 0 aliphatic heterocycles. The van der Waals surface area contributed by atoms with Gasteiger partial charge in [-0.15, -0.1) is 0 Å². The first-order valence-corrected chi connectivity index (χ1v) is 6.67. The van der Waals surface area contributed by atoms with Gasteiger partial charge in [-0.1, -0.05) is 19.8 Å². The van der Waals surface area contributed by atoms with Gasteiger partial charge < -0.3 is 15.3 Å². The maximum Gasteiger partial charge on any atom is 0.325 e. The molecule has 4 heteroatoms. The Kier molecular flexibility index (Phi) is 5.40. The molecule has 2 N–H and O–H groups in total. The van der Waals surface area contributed by atoms with Gasteiger partial charge in [-0.25, -0.2) is 0 Å². The van der Waals surface area contributed by atoms with Crippen LogP contribution in [0.25, 0.3) is 0 Å². The van der Waals surface area contributed by atoms with Crippen LogP contribution in [0, 0.1) is 5.92 Å². The van der Waals surface area contributed by atoms with Crippen molar-refractivity contribution in [2.45, 2.75) is 44.6 Å². The standard InChI is InChI=1S/C13H26N2O2/c1-4-5-6-9-15(3)10-13(14-2,12(16)17)11-7-8-11/h11,14H,4-10H2,1-3H3,(H,16,17). The van der Waals surface area contributed by atoms with Crippen molar-refractivity contribution in [1.82, 2.24) is 10.2 Å². The summed E-state index contributed by atoms with van der Waals surface area (Å²) in [7, 11) is 3.79. The van der Waals surface area contributed by atoms with Crippen molar-refractivity contribution in [3.05, 3.63) is 0 Å². The molecular weight excluding hydrogens is 216 g/mol. The molecule has 0 aromatic carbocycles. The highest BCUT2D eigenvalue weighted by Gasteiger charge is 2.50. The molecule has 0 radical (unpaired) electrons. The quantitative estimate of drug-likeness (QED) is 0.603. The molecule has 0 spiro atoms. The van der Waals surface area contributed by atoms with E-state index in [1.807, 2.05) is 7.05 Å². The lowest BCUT2D eigenvalue weighted by molar-refractivity contribution is -0.146. The summed E-state index contributed by atoms with van der Waals surface area (Å²) in [6.45, 7) is 3.77. The summed E-state index contributed by atoms with van der Waals surface area (Å²) < 4.78 is 0. The Hall–Kier alpha value is -0.610. The molecule has 0 aromatic rings. The lowest BCUT2D eigenvalue weighted by atomic mass is 9.92. The highest BCUT2D eigenvalue weighted by atomic mass is 16.4. The highest BCUT2D eigenvalue weighted by molar-refractivity contribution is 5.80. The average molecular weight is 242 g/mol. The zero-order chi connectivity index (χ0) is 12.9. The van der Waals surface area contributed by atoms with Crippen molar-refractivity contribution in [1.29, 1.82) is 0 Å². The molecule has 17 heavy (non-hydrogen) atoms. The number of nitrogens with one attached hydrogen (secondary N) is 1. The van der Waals surface area contributed by atoms with Crippen molar-refractivity contribution in [2.75, 3.05) is 27.2 Å². The summed E-state index contributed by atoms with van der Waals surface area (Å²) in [6, 6.07) is 0. The van der Waals surface area contributed by atoms with E-state index < -0.39 is 11.5 Å². The molecule has 0 amide bonds. The third-order valence-corrected chi connectivity index (χ3v) is 3.76. The van der Waals surface area contributed by atoms with E-state index >= 15 is 0 Å². The lowest BCUT2D eigenvalue weighted by Crippen LogP contribution is -2.59. The molecule has 1 aliphatic carbocycles. The number of nitrogens with zero attached hydrogens (tertiary/aromatic N) is 1. The summed E-state index contributed by atoms with van der Waals surface area (Å²) >= 11 is 0. The van der Waals surface area contributed by atoms with E-state index in [-0.39, 0.29) is 0 Å². The highest BCUT2D eigenvalue weighted by Crippen LogP contribution is 2.40. The second-order valence-corrected chi connectivity index (χ2v) is 5.25. The summed E-state index contributed by atoms with van der Waals surface area (Å²) in [5, 5.41) is 12.5. The maximum absolute atomic E-state index is 11.5. The summed E-state index contributed by atoms with van der Waals surface area (Å²) in [5.41, 5.74) is -0.735. The topological polar surface area (TPSA) is 52.6 Å². The van der Waals surface area contributed by atoms with Crippen LogP contribution in [-0.2, 0) is 4.79 Å². The summed E-state index contributed by atoms with van der Waals surface area (Å²) in [5.74, 6) is -0.400. The maximum atomic E-state index is 11.5. The predicted molar refractivity (Wildman–Crippen MR) is 69.2 cm³/mol. The number of likely N-dealkylation sites (N-methyl/N-ethyl adjacent to an activating group) is 2. The average Bonchev–Trinajstić information content (AvgIpc) is 3.10. The van der Waals surface area contributed by atoms with Crippen LogP contribution in [0.1, 0.15) is 39.0 Å². The van der Waals surface area contributed by atoms with Gasteiger partial charge in [0.25, 0.3) is 0 Å². The first kappa shape index (κ1) is 14.5. The zero-order valence-corrected chi connectivity index (χ0v) is 11.3. The van der Waals surface area contributed by atoms with E-state index in [1.165, 1.54) is 12.8 Å². The third kappa shape index (κ3) is 3.68. The number of carboxylic acid groups (broad SMARTS) is 1. The minimum absolute atomic E-state index is 0.304. The SMILES string of the molecule is CCCCCN(C)CC(NC)(C(=O)O)C1CC1. The molecule has 4 nitrogen and oxygen atoms in total. The molecule has 1 atom stereocenters. The number of hydrogen-bond acceptors (Lipinski definition) is 3. The van der Waals surface area contributed by atoms with Gasteiger partial charge in [0.1, 0.15) is 5.54 Å². The molecule has 1 unspecified atom stereocenters. The van der Waals surface area contributed by atoms with Gasteiger partial charge in [-0.05, 0) is 45.8 Å². The van der Waals surface area contributed by atoms with Crippen LogP contribution in [0.15, 0.2) is 0 Å². The van der Waals surface area contributed by atoms with E-state index in [4.69, 9.17) is 0 Å². The van der Waals surface area contributed by atoms with Crippen molar-refractivity contribution in [3.8, 4) is 0 Å². The van der Waals surface area contributed by atoms with Crippen LogP contribution < -0.4 is 5.32 Å². The number of carbonyl (C=O) groups is 1. The molecule has 1 saturated carbocycles. The van der Waals surface area contributed by atoms with Gasteiger partial charge >= 0.3 is 5.97 Å². The fraction of sp³-hybridized carbons (Fsp3) is 0.923. The van der Waals surface area contributed by atoms with Crippen LogP contribution in [0.2, 0.25) is 0 Å². The van der Waals surface area contributed by atoms with Gasteiger partial charge in [0.2, 0.25) is 0 Å². The monoisotopic (exact) mass is 242 g/mol. The lowest BCUT2D eigenvalue weighted by Gasteiger charge is -2.33. The second-order valence-electron chi connectivity index (χ2n) is 5.25. The normalized spacial score (nSPS) is 19.3. The number of rotatable bonds is 9. The second kappa shape index (κ2) is 6.36. The number of unbranched alkanes of at least 4 members (excludes halogenated alkanes) is 2. The first-order valence-electron chi connectivity index (χ1n) is 6.67. The Morgan fingerprint density at radius 3 is 2.53 bits per heavy atom. The van der Waals surface area contributed by atoms with Crippen LogP contribution >= 0.6 is 0 Å². The number of aliphatic carboxylic acids is 1. The van der Waals surface area contributed by atoms with Crippen molar-refractivity contribution < 1.29 is 9.90 Å².